The van der Waals surface area contributed by atoms with E-state index < -0.39 is 6.61 Å². The van der Waals surface area contributed by atoms with Crippen molar-refractivity contribution in [3.8, 4) is 11.5 Å². The van der Waals surface area contributed by atoms with Gasteiger partial charge in [0.15, 0.2) is 17.5 Å². The van der Waals surface area contributed by atoms with Crippen molar-refractivity contribution in [1.29, 1.82) is 0 Å². The molecule has 1 aromatic carbocycles. The first kappa shape index (κ1) is 23.5. The lowest BCUT2D eigenvalue weighted by atomic mass is 10.2. The molecule has 0 radical (unpaired) electrons. The predicted octanol–water partition coefficient (Wildman–Crippen LogP) is 3.87. The molecule has 1 aliphatic heterocycles. The summed E-state index contributed by atoms with van der Waals surface area (Å²) in [5.41, 5.74) is 0.801. The number of benzene rings is 1. The topological polar surface area (TPSA) is 49.3 Å². The molecule has 1 fully saturated rings. The molecule has 1 aromatic heterocycles. The van der Waals surface area contributed by atoms with E-state index in [0.717, 1.165) is 37.7 Å². The average molecular weight is 538 g/mol. The van der Waals surface area contributed by atoms with Crippen LogP contribution in [0.15, 0.2) is 40.7 Å². The fourth-order valence-electron chi connectivity index (χ4n) is 3.12. The third-order valence-corrected chi connectivity index (χ3v) is 5.43. The minimum Gasteiger partial charge on any atom is -0.493 e. The van der Waals surface area contributed by atoms with Gasteiger partial charge in [0.25, 0.3) is 0 Å². The summed E-state index contributed by atoms with van der Waals surface area (Å²) in [6, 6.07) is 9.19. The third-order valence-electron chi connectivity index (χ3n) is 4.50. The maximum absolute atomic E-state index is 12.6. The Kier molecular flexibility index (Phi) is 9.21. The lowest BCUT2D eigenvalue weighted by Gasteiger charge is -2.37. The van der Waals surface area contributed by atoms with Crippen molar-refractivity contribution in [2.75, 3.05) is 45.2 Å². The highest BCUT2D eigenvalue weighted by molar-refractivity contribution is 14.0. The van der Waals surface area contributed by atoms with Crippen LogP contribution in [0.4, 0.5) is 13.8 Å². The average Bonchev–Trinajstić information content (AvgIpc) is 3.23. The zero-order valence-corrected chi connectivity index (χ0v) is 19.5. The number of aliphatic imine (C=N–C) groups is 1. The first-order valence-corrected chi connectivity index (χ1v) is 9.84. The Hall–Kier alpha value is -1.82. The molecule has 10 heteroatoms. The highest BCUT2D eigenvalue weighted by atomic mass is 127. The van der Waals surface area contributed by atoms with Crippen LogP contribution in [0.5, 0.6) is 11.5 Å². The van der Waals surface area contributed by atoms with Crippen LogP contribution < -0.4 is 19.7 Å². The van der Waals surface area contributed by atoms with Crippen molar-refractivity contribution in [1.82, 2.24) is 10.2 Å². The maximum atomic E-state index is 12.6. The molecule has 0 amide bonds. The highest BCUT2D eigenvalue weighted by Crippen LogP contribution is 2.29. The third kappa shape index (κ3) is 6.33. The van der Waals surface area contributed by atoms with E-state index >= 15 is 0 Å². The van der Waals surface area contributed by atoms with Gasteiger partial charge >= 0.3 is 6.61 Å². The van der Waals surface area contributed by atoms with Gasteiger partial charge in [-0.25, -0.2) is 0 Å². The first-order chi connectivity index (χ1) is 13.6. The fraction of sp³-hybridized carbons (Fsp3) is 0.421. The Balaban J connectivity index is 0.00000300. The largest absolute Gasteiger partial charge is 0.493 e. The van der Waals surface area contributed by atoms with E-state index in [4.69, 9.17) is 4.74 Å². The van der Waals surface area contributed by atoms with Crippen LogP contribution in [-0.2, 0) is 6.54 Å². The quantitative estimate of drug-likeness (QED) is 0.344. The molecule has 160 valence electrons. The van der Waals surface area contributed by atoms with Crippen LogP contribution in [0.3, 0.4) is 0 Å². The molecular formula is C19H25F2IN4O2S. The molecule has 1 saturated heterocycles. The van der Waals surface area contributed by atoms with Crippen molar-refractivity contribution < 1.29 is 18.3 Å². The molecule has 3 rings (SSSR count). The van der Waals surface area contributed by atoms with E-state index in [1.54, 1.807) is 30.5 Å². The number of anilines is 1. The summed E-state index contributed by atoms with van der Waals surface area (Å²) in [6.45, 7) is 1.12. The molecule has 0 unspecified atom stereocenters. The number of halogens is 3. The fourth-order valence-corrected chi connectivity index (χ4v) is 3.91. The highest BCUT2D eigenvalue weighted by Gasteiger charge is 2.20. The van der Waals surface area contributed by atoms with Crippen LogP contribution in [0.1, 0.15) is 5.56 Å². The Labute approximate surface area is 190 Å². The number of ether oxygens (including phenoxy) is 2. The van der Waals surface area contributed by atoms with E-state index in [2.05, 4.69) is 42.4 Å². The number of hydrogen-bond acceptors (Lipinski definition) is 5. The number of alkyl halides is 2. The van der Waals surface area contributed by atoms with Crippen molar-refractivity contribution in [2.24, 2.45) is 4.99 Å². The molecule has 2 aromatic rings. The number of piperazine rings is 1. The van der Waals surface area contributed by atoms with Gasteiger partial charge in [0.2, 0.25) is 0 Å². The Morgan fingerprint density at radius 3 is 2.55 bits per heavy atom. The summed E-state index contributed by atoms with van der Waals surface area (Å²) in [7, 11) is 3.16. The van der Waals surface area contributed by atoms with Gasteiger partial charge in [-0.2, -0.15) is 8.78 Å². The number of guanidine groups is 1. The van der Waals surface area contributed by atoms with Gasteiger partial charge in [-0.3, -0.25) is 4.99 Å². The zero-order chi connectivity index (χ0) is 19.9. The maximum Gasteiger partial charge on any atom is 0.387 e. The van der Waals surface area contributed by atoms with Crippen LogP contribution in [-0.4, -0.2) is 57.8 Å². The summed E-state index contributed by atoms with van der Waals surface area (Å²) in [6.07, 6.45) is 0. The number of rotatable bonds is 6. The normalized spacial score (nSPS) is 14.6. The lowest BCUT2D eigenvalue weighted by Crippen LogP contribution is -2.52. The van der Waals surface area contributed by atoms with Crippen LogP contribution in [0, 0.1) is 0 Å². The molecule has 0 spiro atoms. The second kappa shape index (κ2) is 11.4. The second-order valence-corrected chi connectivity index (χ2v) is 7.12. The van der Waals surface area contributed by atoms with E-state index in [1.165, 1.54) is 12.1 Å². The smallest absolute Gasteiger partial charge is 0.387 e. The SMILES string of the molecule is CN=C(NCc1ccc(OC)c(OC(F)F)c1)N1CCN(c2cccs2)CC1.I. The van der Waals surface area contributed by atoms with Gasteiger partial charge in [-0.05, 0) is 35.2 Å². The standard InChI is InChI=1S/C19H24F2N4O2S.HI/c1-22-19(25-9-7-24(8-10-25)17-4-3-11-28-17)23-13-14-5-6-15(26-2)16(12-14)27-18(20)21;/h3-6,11-12,18H,7-10,13H2,1-2H3,(H,22,23);1H. The van der Waals surface area contributed by atoms with E-state index in [9.17, 15) is 8.78 Å². The van der Waals surface area contributed by atoms with Crippen molar-refractivity contribution >= 4 is 46.3 Å². The Morgan fingerprint density at radius 2 is 1.97 bits per heavy atom. The molecule has 1 aliphatic rings. The van der Waals surface area contributed by atoms with Crippen molar-refractivity contribution in [3.63, 3.8) is 0 Å². The van der Waals surface area contributed by atoms with Gasteiger partial charge < -0.3 is 24.6 Å². The minimum atomic E-state index is -2.90. The summed E-state index contributed by atoms with van der Waals surface area (Å²) in [5, 5.41) is 6.67. The van der Waals surface area contributed by atoms with Crippen molar-refractivity contribution in [3.05, 3.63) is 41.3 Å². The van der Waals surface area contributed by atoms with Gasteiger partial charge in [-0.1, -0.05) is 6.07 Å². The van der Waals surface area contributed by atoms with Gasteiger partial charge in [0.1, 0.15) is 0 Å². The molecule has 0 aliphatic carbocycles. The number of methoxy groups -OCH3 is 1. The van der Waals surface area contributed by atoms with Crippen molar-refractivity contribution in [2.45, 2.75) is 13.2 Å². The monoisotopic (exact) mass is 538 g/mol. The number of thiophene rings is 1. The zero-order valence-electron chi connectivity index (χ0n) is 16.3. The molecular weight excluding hydrogens is 513 g/mol. The molecule has 0 bridgehead atoms. The molecule has 1 N–H and O–H groups in total. The van der Waals surface area contributed by atoms with Crippen LogP contribution in [0.25, 0.3) is 0 Å². The Bertz CT molecular complexity index is 785. The summed E-state index contributed by atoms with van der Waals surface area (Å²) in [4.78, 5) is 8.92. The molecule has 0 atom stereocenters. The summed E-state index contributed by atoms with van der Waals surface area (Å²) >= 11 is 1.75. The molecule has 6 nitrogen and oxygen atoms in total. The number of nitrogens with one attached hydrogen (secondary N) is 1. The lowest BCUT2D eigenvalue weighted by molar-refractivity contribution is -0.0512. The minimum absolute atomic E-state index is 0. The summed E-state index contributed by atoms with van der Waals surface area (Å²) < 4.78 is 34.8. The van der Waals surface area contributed by atoms with Gasteiger partial charge in [0.05, 0.1) is 12.1 Å². The summed E-state index contributed by atoms with van der Waals surface area (Å²) in [5.74, 6) is 1.09. The van der Waals surface area contributed by atoms with E-state index in [-0.39, 0.29) is 35.5 Å². The first-order valence-electron chi connectivity index (χ1n) is 8.96. The Morgan fingerprint density at radius 1 is 1.21 bits per heavy atom. The van der Waals surface area contributed by atoms with Crippen LogP contribution >= 0.6 is 35.3 Å². The van der Waals surface area contributed by atoms with E-state index in [0.29, 0.717) is 6.54 Å². The van der Waals surface area contributed by atoms with Gasteiger partial charge in [-0.15, -0.1) is 35.3 Å². The predicted molar refractivity (Wildman–Crippen MR) is 123 cm³/mol. The molecule has 2 heterocycles. The van der Waals surface area contributed by atoms with Gasteiger partial charge in [0, 0.05) is 39.8 Å². The number of nitrogens with zero attached hydrogens (tertiary/aromatic N) is 3. The molecule has 29 heavy (non-hydrogen) atoms. The number of hydrogen-bond donors (Lipinski definition) is 1. The second-order valence-electron chi connectivity index (χ2n) is 6.19. The van der Waals surface area contributed by atoms with Crippen LogP contribution in [0.2, 0.25) is 0 Å². The molecule has 0 saturated carbocycles. The van der Waals surface area contributed by atoms with E-state index in [1.807, 2.05) is 6.07 Å².